The Kier molecular flexibility index (Phi) is 4.87. The van der Waals surface area contributed by atoms with Crippen molar-refractivity contribution in [1.29, 1.82) is 0 Å². The molecule has 3 heterocycles. The van der Waals surface area contributed by atoms with E-state index in [0.717, 1.165) is 26.2 Å². The highest BCUT2D eigenvalue weighted by molar-refractivity contribution is 7.18. The van der Waals surface area contributed by atoms with Gasteiger partial charge in [0.05, 0.1) is 5.39 Å². The monoisotopic (exact) mass is 398 g/mol. The van der Waals surface area contributed by atoms with Gasteiger partial charge < -0.3 is 10.1 Å². The van der Waals surface area contributed by atoms with Gasteiger partial charge in [-0.25, -0.2) is 9.97 Å². The number of rotatable bonds is 5. The molecule has 0 fully saturated rings. The van der Waals surface area contributed by atoms with Crippen LogP contribution >= 0.6 is 11.3 Å². The van der Waals surface area contributed by atoms with Gasteiger partial charge in [0.2, 0.25) is 0 Å². The largest absolute Gasteiger partial charge is 0.435 e. The lowest BCUT2D eigenvalue weighted by atomic mass is 10.2. The molecule has 0 aliphatic carbocycles. The molecule has 4 rings (SSSR count). The summed E-state index contributed by atoms with van der Waals surface area (Å²) in [6.45, 7) is 1.23. The number of hydrogen-bond acceptors (Lipinski definition) is 6. The SMILES string of the molecule is Cc1sc2nc(-c3cccnc3)nc(Nc3ccc(OC(F)F)cc3)c2c1C. The molecule has 28 heavy (non-hydrogen) atoms. The van der Waals surface area contributed by atoms with Crippen LogP contribution in [0.5, 0.6) is 5.75 Å². The summed E-state index contributed by atoms with van der Waals surface area (Å²) in [7, 11) is 0. The van der Waals surface area contributed by atoms with Gasteiger partial charge in [-0.1, -0.05) is 0 Å². The maximum atomic E-state index is 12.3. The van der Waals surface area contributed by atoms with Gasteiger partial charge >= 0.3 is 6.61 Å². The van der Waals surface area contributed by atoms with Gasteiger partial charge in [0.1, 0.15) is 16.4 Å². The van der Waals surface area contributed by atoms with Gasteiger partial charge in [-0.2, -0.15) is 8.78 Å². The highest BCUT2D eigenvalue weighted by Crippen LogP contribution is 2.36. The number of nitrogens with zero attached hydrogens (tertiary/aromatic N) is 3. The molecular weight excluding hydrogens is 382 g/mol. The Bertz CT molecular complexity index is 1110. The number of aromatic nitrogens is 3. The molecule has 0 amide bonds. The van der Waals surface area contributed by atoms with Crippen molar-refractivity contribution in [3.63, 3.8) is 0 Å². The van der Waals surface area contributed by atoms with E-state index < -0.39 is 6.61 Å². The number of ether oxygens (including phenoxy) is 1. The van der Waals surface area contributed by atoms with Crippen molar-refractivity contribution < 1.29 is 13.5 Å². The summed E-state index contributed by atoms with van der Waals surface area (Å²) in [6.07, 6.45) is 3.42. The second kappa shape index (κ2) is 7.47. The third-order valence-corrected chi connectivity index (χ3v) is 5.39. The third kappa shape index (κ3) is 3.63. The van der Waals surface area contributed by atoms with Gasteiger partial charge in [0.25, 0.3) is 0 Å². The molecule has 0 unspecified atom stereocenters. The van der Waals surface area contributed by atoms with Crippen molar-refractivity contribution in [3.05, 3.63) is 59.2 Å². The summed E-state index contributed by atoms with van der Waals surface area (Å²) in [5.41, 5.74) is 2.64. The van der Waals surface area contributed by atoms with Gasteiger partial charge in [-0.15, -0.1) is 11.3 Å². The first-order valence-electron chi connectivity index (χ1n) is 8.51. The van der Waals surface area contributed by atoms with E-state index in [1.54, 1.807) is 35.9 Å². The van der Waals surface area contributed by atoms with E-state index in [1.165, 1.54) is 12.1 Å². The number of nitrogens with one attached hydrogen (secondary N) is 1. The van der Waals surface area contributed by atoms with E-state index >= 15 is 0 Å². The zero-order chi connectivity index (χ0) is 19.7. The average molecular weight is 398 g/mol. The van der Waals surface area contributed by atoms with E-state index in [2.05, 4.69) is 15.0 Å². The molecule has 4 aromatic rings. The fraction of sp³-hybridized carbons (Fsp3) is 0.150. The Balaban J connectivity index is 1.76. The van der Waals surface area contributed by atoms with Crippen molar-refractivity contribution in [3.8, 4) is 17.1 Å². The maximum Gasteiger partial charge on any atom is 0.387 e. The number of thiophene rings is 1. The first kappa shape index (κ1) is 18.2. The lowest BCUT2D eigenvalue weighted by Crippen LogP contribution is -2.02. The molecule has 0 radical (unpaired) electrons. The standard InChI is InChI=1S/C20H16F2N4OS/c1-11-12(2)28-19-16(11)18(25-17(26-19)13-4-3-9-23-10-13)24-14-5-7-15(8-6-14)27-20(21)22/h3-10,20H,1-2H3,(H,24,25,26). The van der Waals surface area contributed by atoms with E-state index in [-0.39, 0.29) is 5.75 Å². The normalized spacial score (nSPS) is 11.2. The second-order valence-corrected chi connectivity index (χ2v) is 7.33. The van der Waals surface area contributed by atoms with Crippen molar-refractivity contribution >= 4 is 33.1 Å². The average Bonchev–Trinajstić information content (AvgIpc) is 2.98. The van der Waals surface area contributed by atoms with Gasteiger partial charge in [0.15, 0.2) is 5.82 Å². The summed E-state index contributed by atoms with van der Waals surface area (Å²) in [6, 6.07) is 10.1. The zero-order valence-electron chi connectivity index (χ0n) is 15.1. The lowest BCUT2D eigenvalue weighted by Gasteiger charge is -2.11. The van der Waals surface area contributed by atoms with Gasteiger partial charge in [-0.3, -0.25) is 4.98 Å². The van der Waals surface area contributed by atoms with Gasteiger partial charge in [-0.05, 0) is 55.8 Å². The minimum Gasteiger partial charge on any atom is -0.435 e. The number of alkyl halides is 2. The molecule has 0 aliphatic rings. The number of benzene rings is 1. The molecule has 0 aliphatic heterocycles. The first-order valence-corrected chi connectivity index (χ1v) is 9.33. The summed E-state index contributed by atoms with van der Waals surface area (Å²) >= 11 is 1.61. The molecule has 0 saturated heterocycles. The summed E-state index contributed by atoms with van der Waals surface area (Å²) < 4.78 is 29.1. The van der Waals surface area contributed by atoms with Crippen molar-refractivity contribution in [2.24, 2.45) is 0 Å². The van der Waals surface area contributed by atoms with Crippen LogP contribution in [-0.4, -0.2) is 21.6 Å². The van der Waals surface area contributed by atoms with Crippen LogP contribution in [0.4, 0.5) is 20.3 Å². The number of aryl methyl sites for hydroxylation is 2. The van der Waals surface area contributed by atoms with Crippen LogP contribution in [0.25, 0.3) is 21.6 Å². The predicted octanol–water partition coefficient (Wildman–Crippen LogP) is 5.72. The Morgan fingerprint density at radius 2 is 1.86 bits per heavy atom. The van der Waals surface area contributed by atoms with Crippen LogP contribution in [0.1, 0.15) is 10.4 Å². The minimum absolute atomic E-state index is 0.104. The van der Waals surface area contributed by atoms with Gasteiger partial charge in [0, 0.05) is 28.5 Å². The summed E-state index contributed by atoms with van der Waals surface area (Å²) in [5.74, 6) is 1.34. The predicted molar refractivity (Wildman–Crippen MR) is 106 cm³/mol. The first-order chi connectivity index (χ1) is 13.5. The van der Waals surface area contributed by atoms with Crippen LogP contribution in [0.2, 0.25) is 0 Å². The molecule has 0 saturated carbocycles. The Labute approximate surface area is 164 Å². The van der Waals surface area contributed by atoms with Crippen molar-refractivity contribution in [2.45, 2.75) is 20.5 Å². The number of hydrogen-bond donors (Lipinski definition) is 1. The van der Waals surface area contributed by atoms with Crippen LogP contribution in [0.15, 0.2) is 48.8 Å². The molecule has 0 spiro atoms. The van der Waals surface area contributed by atoms with Crippen molar-refractivity contribution in [1.82, 2.24) is 15.0 Å². The molecule has 142 valence electrons. The van der Waals surface area contributed by atoms with E-state index in [0.29, 0.717) is 17.3 Å². The van der Waals surface area contributed by atoms with Crippen LogP contribution in [0, 0.1) is 13.8 Å². The third-order valence-electron chi connectivity index (χ3n) is 4.29. The zero-order valence-corrected chi connectivity index (χ0v) is 15.9. The van der Waals surface area contributed by atoms with Crippen LogP contribution in [0.3, 0.4) is 0 Å². The van der Waals surface area contributed by atoms with E-state index in [9.17, 15) is 8.78 Å². The number of fused-ring (bicyclic) bond motifs is 1. The molecule has 3 aromatic heterocycles. The number of halogens is 2. The molecule has 8 heteroatoms. The summed E-state index contributed by atoms with van der Waals surface area (Å²) in [5, 5.41) is 4.23. The topological polar surface area (TPSA) is 59.9 Å². The molecule has 0 bridgehead atoms. The van der Waals surface area contributed by atoms with E-state index in [1.807, 2.05) is 26.0 Å². The van der Waals surface area contributed by atoms with Crippen LogP contribution in [-0.2, 0) is 0 Å². The second-order valence-electron chi connectivity index (χ2n) is 6.13. The molecule has 1 aromatic carbocycles. The molecule has 5 nitrogen and oxygen atoms in total. The Morgan fingerprint density at radius 1 is 1.07 bits per heavy atom. The molecule has 1 N–H and O–H groups in total. The Morgan fingerprint density at radius 3 is 2.54 bits per heavy atom. The van der Waals surface area contributed by atoms with E-state index in [4.69, 9.17) is 9.97 Å². The van der Waals surface area contributed by atoms with Crippen LogP contribution < -0.4 is 10.1 Å². The lowest BCUT2D eigenvalue weighted by molar-refractivity contribution is -0.0498. The highest BCUT2D eigenvalue weighted by Gasteiger charge is 2.16. The fourth-order valence-corrected chi connectivity index (χ4v) is 3.85. The number of anilines is 2. The number of pyridine rings is 1. The summed E-state index contributed by atoms with van der Waals surface area (Å²) in [4.78, 5) is 15.6. The fourth-order valence-electron chi connectivity index (χ4n) is 2.82. The smallest absolute Gasteiger partial charge is 0.387 e. The minimum atomic E-state index is -2.85. The van der Waals surface area contributed by atoms with Crippen molar-refractivity contribution in [2.75, 3.05) is 5.32 Å². The molecular formula is C20H16F2N4OS. The quantitative estimate of drug-likeness (QED) is 0.466. The maximum absolute atomic E-state index is 12.3. The molecule has 0 atom stereocenters. The Hall–Kier alpha value is -3.13. The highest BCUT2D eigenvalue weighted by atomic mass is 32.1.